The first-order chi connectivity index (χ1) is 7.86. The van der Waals surface area contributed by atoms with Gasteiger partial charge in [-0.25, -0.2) is 0 Å². The summed E-state index contributed by atoms with van der Waals surface area (Å²) in [7, 11) is 0. The molecule has 4 heteroatoms. The lowest BCUT2D eigenvalue weighted by atomic mass is 10.0. The lowest BCUT2D eigenvalue weighted by molar-refractivity contribution is -0.149. The average Bonchev–Trinajstić information content (AvgIpc) is 2.86. The van der Waals surface area contributed by atoms with Crippen LogP contribution in [0.5, 0.6) is 0 Å². The van der Waals surface area contributed by atoms with E-state index in [1.165, 1.54) is 0 Å². The van der Waals surface area contributed by atoms with Crippen molar-refractivity contribution in [1.82, 2.24) is 10.2 Å². The number of hydrogen-bond acceptors (Lipinski definition) is 2. The first-order valence-electron chi connectivity index (χ1n) is 6.47. The Morgan fingerprint density at radius 1 is 1.41 bits per heavy atom. The van der Waals surface area contributed by atoms with Crippen LogP contribution in [0.1, 0.15) is 40.5 Å². The average molecular weight is 238 g/mol. The molecule has 2 amide bonds. The maximum absolute atomic E-state index is 12.2. The zero-order chi connectivity index (χ0) is 12.8. The van der Waals surface area contributed by atoms with Crippen molar-refractivity contribution in [3.8, 4) is 0 Å². The molecule has 2 aliphatic rings. The van der Waals surface area contributed by atoms with Crippen LogP contribution in [0.25, 0.3) is 0 Å². The number of piperazine rings is 1. The molecule has 2 fully saturated rings. The third-order valence-electron chi connectivity index (χ3n) is 4.29. The van der Waals surface area contributed by atoms with E-state index in [2.05, 4.69) is 19.2 Å². The molecule has 0 radical (unpaired) electrons. The normalized spacial score (nSPS) is 35.8. The lowest BCUT2D eigenvalue weighted by Crippen LogP contribution is -2.62. The molecule has 0 aromatic carbocycles. The van der Waals surface area contributed by atoms with Crippen LogP contribution in [0.4, 0.5) is 0 Å². The van der Waals surface area contributed by atoms with E-state index in [0.29, 0.717) is 17.8 Å². The van der Waals surface area contributed by atoms with Gasteiger partial charge in [-0.05, 0) is 31.1 Å². The highest BCUT2D eigenvalue weighted by molar-refractivity contribution is 5.96. The van der Waals surface area contributed by atoms with Gasteiger partial charge in [0, 0.05) is 6.54 Å². The van der Waals surface area contributed by atoms with Crippen LogP contribution in [0, 0.1) is 11.3 Å². The van der Waals surface area contributed by atoms with Crippen LogP contribution in [0.2, 0.25) is 0 Å². The minimum absolute atomic E-state index is 0.0186. The Kier molecular flexibility index (Phi) is 2.92. The fraction of sp³-hybridized carbons (Fsp3) is 0.846. The van der Waals surface area contributed by atoms with Gasteiger partial charge in [0.25, 0.3) is 0 Å². The SMILES string of the molecule is CCC1NC(=O)C(C)N(CC2CC2(C)C)C1=O. The summed E-state index contributed by atoms with van der Waals surface area (Å²) in [5.41, 5.74) is 0.343. The second-order valence-corrected chi connectivity index (χ2v) is 6.03. The Morgan fingerprint density at radius 2 is 2.00 bits per heavy atom. The first kappa shape index (κ1) is 12.4. The van der Waals surface area contributed by atoms with Gasteiger partial charge in [0.05, 0.1) is 0 Å². The Balaban J connectivity index is 2.07. The second-order valence-electron chi connectivity index (χ2n) is 6.03. The molecule has 3 unspecified atom stereocenters. The fourth-order valence-corrected chi connectivity index (χ4v) is 2.54. The standard InChI is InChI=1S/C13H22N2O2/c1-5-10-12(17)15(8(2)11(16)14-10)7-9-6-13(9,3)4/h8-10H,5-7H2,1-4H3,(H,14,16). The number of hydrogen-bond donors (Lipinski definition) is 1. The summed E-state index contributed by atoms with van der Waals surface area (Å²) < 4.78 is 0. The van der Waals surface area contributed by atoms with Gasteiger partial charge in [-0.2, -0.15) is 0 Å². The highest BCUT2D eigenvalue weighted by Crippen LogP contribution is 2.52. The van der Waals surface area contributed by atoms with Gasteiger partial charge >= 0.3 is 0 Å². The van der Waals surface area contributed by atoms with Crippen LogP contribution in [0.3, 0.4) is 0 Å². The molecule has 4 nitrogen and oxygen atoms in total. The predicted octanol–water partition coefficient (Wildman–Crippen LogP) is 1.16. The van der Waals surface area contributed by atoms with E-state index in [-0.39, 0.29) is 23.9 Å². The van der Waals surface area contributed by atoms with E-state index in [1.807, 2.05) is 13.8 Å². The van der Waals surface area contributed by atoms with Crippen LogP contribution < -0.4 is 5.32 Å². The molecule has 1 aliphatic carbocycles. The number of nitrogens with zero attached hydrogens (tertiary/aromatic N) is 1. The summed E-state index contributed by atoms with van der Waals surface area (Å²) in [6.07, 6.45) is 1.82. The minimum Gasteiger partial charge on any atom is -0.343 e. The molecule has 2 rings (SSSR count). The summed E-state index contributed by atoms with van der Waals surface area (Å²) in [6, 6.07) is -0.637. The van der Waals surface area contributed by atoms with E-state index in [1.54, 1.807) is 4.90 Å². The molecule has 1 N–H and O–H groups in total. The zero-order valence-electron chi connectivity index (χ0n) is 11.1. The number of rotatable bonds is 3. The highest BCUT2D eigenvalue weighted by atomic mass is 16.2. The molecule has 1 heterocycles. The molecule has 0 spiro atoms. The fourth-order valence-electron chi connectivity index (χ4n) is 2.54. The summed E-state index contributed by atoms with van der Waals surface area (Å²) >= 11 is 0. The van der Waals surface area contributed by atoms with Crippen molar-refractivity contribution < 1.29 is 9.59 Å². The molecule has 17 heavy (non-hydrogen) atoms. The van der Waals surface area contributed by atoms with Gasteiger partial charge in [-0.3, -0.25) is 9.59 Å². The van der Waals surface area contributed by atoms with Crippen molar-refractivity contribution in [3.63, 3.8) is 0 Å². The molecule has 1 saturated carbocycles. The summed E-state index contributed by atoms with van der Waals surface area (Å²) in [5, 5.41) is 2.78. The van der Waals surface area contributed by atoms with Crippen molar-refractivity contribution in [3.05, 3.63) is 0 Å². The number of carbonyl (C=O) groups excluding carboxylic acids is 2. The smallest absolute Gasteiger partial charge is 0.245 e. The third-order valence-corrected chi connectivity index (χ3v) is 4.29. The molecule has 0 bridgehead atoms. The highest BCUT2D eigenvalue weighted by Gasteiger charge is 2.49. The largest absolute Gasteiger partial charge is 0.343 e. The molecular weight excluding hydrogens is 216 g/mol. The van der Waals surface area contributed by atoms with Gasteiger partial charge in [0.2, 0.25) is 11.8 Å². The van der Waals surface area contributed by atoms with E-state index in [4.69, 9.17) is 0 Å². The van der Waals surface area contributed by atoms with E-state index in [9.17, 15) is 9.59 Å². The molecule has 0 aromatic heterocycles. The van der Waals surface area contributed by atoms with E-state index in [0.717, 1.165) is 13.0 Å². The number of carbonyl (C=O) groups is 2. The molecule has 1 saturated heterocycles. The molecule has 96 valence electrons. The second kappa shape index (κ2) is 4.00. The van der Waals surface area contributed by atoms with Crippen molar-refractivity contribution in [1.29, 1.82) is 0 Å². The minimum atomic E-state index is -0.319. The van der Waals surface area contributed by atoms with Gasteiger partial charge in [-0.1, -0.05) is 20.8 Å². The Hall–Kier alpha value is -1.06. The molecular formula is C13H22N2O2. The van der Waals surface area contributed by atoms with E-state index >= 15 is 0 Å². The summed E-state index contributed by atoms with van der Waals surface area (Å²) in [5.74, 6) is 0.620. The third kappa shape index (κ3) is 2.17. The van der Waals surface area contributed by atoms with Gasteiger partial charge in [0.1, 0.15) is 12.1 Å². The number of amides is 2. The summed E-state index contributed by atoms with van der Waals surface area (Å²) in [4.78, 5) is 25.7. The molecule has 1 aliphatic heterocycles. The maximum atomic E-state index is 12.2. The quantitative estimate of drug-likeness (QED) is 0.802. The van der Waals surface area contributed by atoms with Crippen molar-refractivity contribution in [2.24, 2.45) is 11.3 Å². The lowest BCUT2D eigenvalue weighted by Gasteiger charge is -2.37. The van der Waals surface area contributed by atoms with Crippen molar-refractivity contribution >= 4 is 11.8 Å². The zero-order valence-corrected chi connectivity index (χ0v) is 11.1. The van der Waals surface area contributed by atoms with Crippen LogP contribution in [-0.4, -0.2) is 35.3 Å². The van der Waals surface area contributed by atoms with E-state index < -0.39 is 0 Å². The molecule has 3 atom stereocenters. The van der Waals surface area contributed by atoms with Gasteiger partial charge < -0.3 is 10.2 Å². The monoisotopic (exact) mass is 238 g/mol. The summed E-state index contributed by atoms with van der Waals surface area (Å²) in [6.45, 7) is 8.91. The molecule has 0 aromatic rings. The Bertz CT molecular complexity index is 351. The first-order valence-corrected chi connectivity index (χ1v) is 6.47. The van der Waals surface area contributed by atoms with Gasteiger partial charge in [0.15, 0.2) is 0 Å². The van der Waals surface area contributed by atoms with Crippen molar-refractivity contribution in [2.45, 2.75) is 52.6 Å². The van der Waals surface area contributed by atoms with Crippen LogP contribution >= 0.6 is 0 Å². The van der Waals surface area contributed by atoms with Gasteiger partial charge in [-0.15, -0.1) is 0 Å². The predicted molar refractivity (Wildman–Crippen MR) is 65.3 cm³/mol. The van der Waals surface area contributed by atoms with Crippen molar-refractivity contribution in [2.75, 3.05) is 6.54 Å². The van der Waals surface area contributed by atoms with Crippen LogP contribution in [0.15, 0.2) is 0 Å². The van der Waals surface area contributed by atoms with Crippen LogP contribution in [-0.2, 0) is 9.59 Å². The Morgan fingerprint density at radius 3 is 2.47 bits per heavy atom. The topological polar surface area (TPSA) is 49.4 Å². The Labute approximate surface area is 103 Å². The number of nitrogens with one attached hydrogen (secondary N) is 1. The maximum Gasteiger partial charge on any atom is 0.245 e.